The normalized spacial score (nSPS) is 10.7. The topological polar surface area (TPSA) is 80.0 Å². The fourth-order valence-corrected chi connectivity index (χ4v) is 2.05. The Hall–Kier alpha value is -2.76. The molecule has 0 saturated carbocycles. The molecule has 0 aliphatic rings. The third-order valence-corrected chi connectivity index (χ3v) is 3.01. The van der Waals surface area contributed by atoms with Gasteiger partial charge in [0.2, 0.25) is 5.56 Å². The van der Waals surface area contributed by atoms with Gasteiger partial charge >= 0.3 is 0 Å². The maximum atomic E-state index is 11.3. The number of methoxy groups -OCH3 is 2. The average Bonchev–Trinajstić information content (AvgIpc) is 2.88. The number of hydrogen-bond acceptors (Lipinski definition) is 4. The minimum absolute atomic E-state index is 0.168. The molecule has 0 bridgehead atoms. The van der Waals surface area contributed by atoms with Crippen molar-refractivity contribution in [2.75, 3.05) is 14.2 Å². The number of aromatic amines is 2. The van der Waals surface area contributed by atoms with Crippen LogP contribution in [0.4, 0.5) is 0 Å². The third kappa shape index (κ3) is 2.01. The van der Waals surface area contributed by atoms with Crippen molar-refractivity contribution < 1.29 is 9.47 Å². The molecule has 6 nitrogen and oxygen atoms in total. The zero-order chi connectivity index (χ0) is 14.1. The van der Waals surface area contributed by atoms with Gasteiger partial charge in [-0.25, -0.2) is 4.98 Å². The van der Waals surface area contributed by atoms with Crippen molar-refractivity contribution >= 4 is 11.0 Å². The second-order valence-corrected chi connectivity index (χ2v) is 4.24. The number of imidazole rings is 1. The van der Waals surface area contributed by atoms with Crippen LogP contribution in [0.5, 0.6) is 11.5 Å². The Morgan fingerprint density at radius 3 is 2.50 bits per heavy atom. The molecule has 3 rings (SSSR count). The molecular weight excluding hydrogens is 258 g/mol. The van der Waals surface area contributed by atoms with Crippen molar-refractivity contribution in [3.63, 3.8) is 0 Å². The highest BCUT2D eigenvalue weighted by Gasteiger charge is 2.11. The van der Waals surface area contributed by atoms with Gasteiger partial charge < -0.3 is 19.4 Å². The second kappa shape index (κ2) is 4.73. The van der Waals surface area contributed by atoms with Crippen LogP contribution >= 0.6 is 0 Å². The molecule has 2 N–H and O–H groups in total. The minimum Gasteiger partial charge on any atom is -0.493 e. The Bertz CT molecular complexity index is 779. The summed E-state index contributed by atoms with van der Waals surface area (Å²) in [7, 11) is 3.15. The Kier molecular flexibility index (Phi) is 2.90. The van der Waals surface area contributed by atoms with Gasteiger partial charge in [-0.1, -0.05) is 6.07 Å². The molecule has 0 saturated heterocycles. The molecule has 2 aromatic heterocycles. The second-order valence-electron chi connectivity index (χ2n) is 4.24. The lowest BCUT2D eigenvalue weighted by atomic mass is 10.3. The molecule has 0 atom stereocenters. The Labute approximate surface area is 114 Å². The molecule has 1 aromatic carbocycles. The number of nitrogens with one attached hydrogen (secondary N) is 2. The third-order valence-electron chi connectivity index (χ3n) is 3.01. The lowest BCUT2D eigenvalue weighted by molar-refractivity contribution is 0.356. The van der Waals surface area contributed by atoms with Gasteiger partial charge in [-0.05, 0) is 6.07 Å². The Balaban J connectivity index is 2.17. The number of ether oxygens (including phenoxy) is 2. The monoisotopic (exact) mass is 271 g/mol. The molecule has 0 spiro atoms. The SMILES string of the molecule is COc1cc2nc(-c3cccc(=O)[nH]3)[nH]c2cc1OC. The summed E-state index contributed by atoms with van der Waals surface area (Å²) in [6.45, 7) is 0. The summed E-state index contributed by atoms with van der Waals surface area (Å²) in [5.41, 5.74) is 2.01. The summed E-state index contributed by atoms with van der Waals surface area (Å²) in [5, 5.41) is 0. The van der Waals surface area contributed by atoms with Crippen LogP contribution in [-0.4, -0.2) is 29.2 Å². The van der Waals surface area contributed by atoms with Crippen molar-refractivity contribution in [1.82, 2.24) is 15.0 Å². The molecule has 0 unspecified atom stereocenters. The summed E-state index contributed by atoms with van der Waals surface area (Å²) >= 11 is 0. The van der Waals surface area contributed by atoms with Crippen LogP contribution in [0.15, 0.2) is 35.1 Å². The number of fused-ring (bicyclic) bond motifs is 1. The summed E-state index contributed by atoms with van der Waals surface area (Å²) < 4.78 is 10.5. The van der Waals surface area contributed by atoms with E-state index in [-0.39, 0.29) is 5.56 Å². The Morgan fingerprint density at radius 2 is 1.80 bits per heavy atom. The first-order chi connectivity index (χ1) is 9.71. The predicted molar refractivity (Wildman–Crippen MR) is 75.3 cm³/mol. The first-order valence-corrected chi connectivity index (χ1v) is 6.02. The van der Waals surface area contributed by atoms with Gasteiger partial charge in [0.1, 0.15) is 0 Å². The van der Waals surface area contributed by atoms with Gasteiger partial charge in [0.05, 0.1) is 30.9 Å². The van der Waals surface area contributed by atoms with E-state index >= 15 is 0 Å². The van der Waals surface area contributed by atoms with E-state index in [4.69, 9.17) is 9.47 Å². The zero-order valence-electron chi connectivity index (χ0n) is 11.1. The van der Waals surface area contributed by atoms with Crippen LogP contribution in [0.25, 0.3) is 22.6 Å². The zero-order valence-corrected chi connectivity index (χ0v) is 11.1. The summed E-state index contributed by atoms with van der Waals surface area (Å²) in [5.74, 6) is 1.82. The van der Waals surface area contributed by atoms with Gasteiger partial charge in [0, 0.05) is 18.2 Å². The van der Waals surface area contributed by atoms with Crippen molar-refractivity contribution in [2.45, 2.75) is 0 Å². The molecule has 0 amide bonds. The number of nitrogens with zero attached hydrogens (tertiary/aromatic N) is 1. The van der Waals surface area contributed by atoms with E-state index in [1.54, 1.807) is 32.4 Å². The maximum absolute atomic E-state index is 11.3. The predicted octanol–water partition coefficient (Wildman–Crippen LogP) is 1.94. The van der Waals surface area contributed by atoms with E-state index in [0.29, 0.717) is 23.0 Å². The molecular formula is C14H13N3O3. The van der Waals surface area contributed by atoms with Crippen LogP contribution in [0.3, 0.4) is 0 Å². The number of benzene rings is 1. The van der Waals surface area contributed by atoms with Gasteiger partial charge in [-0.15, -0.1) is 0 Å². The molecule has 102 valence electrons. The molecule has 0 aliphatic carbocycles. The number of pyridine rings is 1. The van der Waals surface area contributed by atoms with Crippen LogP contribution in [0.2, 0.25) is 0 Å². The average molecular weight is 271 g/mol. The van der Waals surface area contributed by atoms with E-state index < -0.39 is 0 Å². The standard InChI is InChI=1S/C14H13N3O3/c1-19-11-6-9-10(7-12(11)20-2)17-14(16-9)8-4-3-5-13(18)15-8/h3-7H,1-2H3,(H,15,18)(H,16,17). The molecule has 2 heterocycles. The van der Waals surface area contributed by atoms with E-state index in [2.05, 4.69) is 15.0 Å². The van der Waals surface area contributed by atoms with Crippen LogP contribution < -0.4 is 15.0 Å². The van der Waals surface area contributed by atoms with Gasteiger partial charge in [0.15, 0.2) is 17.3 Å². The highest BCUT2D eigenvalue weighted by molar-refractivity contribution is 5.82. The summed E-state index contributed by atoms with van der Waals surface area (Å²) in [6.07, 6.45) is 0. The summed E-state index contributed by atoms with van der Waals surface area (Å²) in [4.78, 5) is 21.7. The van der Waals surface area contributed by atoms with E-state index in [9.17, 15) is 4.79 Å². The maximum Gasteiger partial charge on any atom is 0.248 e. The number of hydrogen-bond donors (Lipinski definition) is 2. The van der Waals surface area contributed by atoms with Crippen molar-refractivity contribution in [3.05, 3.63) is 40.7 Å². The Morgan fingerprint density at radius 1 is 1.05 bits per heavy atom. The lowest BCUT2D eigenvalue weighted by Crippen LogP contribution is -2.03. The van der Waals surface area contributed by atoms with Gasteiger partial charge in [0.25, 0.3) is 0 Å². The number of rotatable bonds is 3. The minimum atomic E-state index is -0.168. The van der Waals surface area contributed by atoms with Crippen molar-refractivity contribution in [1.29, 1.82) is 0 Å². The molecule has 0 radical (unpaired) electrons. The van der Waals surface area contributed by atoms with Gasteiger partial charge in [-0.3, -0.25) is 4.79 Å². The quantitative estimate of drug-likeness (QED) is 0.762. The summed E-state index contributed by atoms with van der Waals surface area (Å²) in [6, 6.07) is 8.52. The first kappa shape index (κ1) is 12.3. The van der Waals surface area contributed by atoms with E-state index in [0.717, 1.165) is 11.0 Å². The molecule has 0 aliphatic heterocycles. The highest BCUT2D eigenvalue weighted by Crippen LogP contribution is 2.32. The fourth-order valence-electron chi connectivity index (χ4n) is 2.05. The van der Waals surface area contributed by atoms with Crippen molar-refractivity contribution in [2.24, 2.45) is 0 Å². The van der Waals surface area contributed by atoms with E-state index in [1.807, 2.05) is 6.07 Å². The van der Waals surface area contributed by atoms with Crippen molar-refractivity contribution in [3.8, 4) is 23.0 Å². The largest absolute Gasteiger partial charge is 0.493 e. The fraction of sp³-hybridized carbons (Fsp3) is 0.143. The highest BCUT2D eigenvalue weighted by atomic mass is 16.5. The molecule has 3 aromatic rings. The first-order valence-electron chi connectivity index (χ1n) is 6.02. The molecule has 0 fully saturated rings. The number of aromatic nitrogens is 3. The molecule has 20 heavy (non-hydrogen) atoms. The number of H-pyrrole nitrogens is 2. The smallest absolute Gasteiger partial charge is 0.248 e. The lowest BCUT2D eigenvalue weighted by Gasteiger charge is -2.06. The molecule has 6 heteroatoms. The van der Waals surface area contributed by atoms with Crippen LogP contribution in [0.1, 0.15) is 0 Å². The van der Waals surface area contributed by atoms with E-state index in [1.165, 1.54) is 6.07 Å². The van der Waals surface area contributed by atoms with Crippen LogP contribution in [-0.2, 0) is 0 Å². The van der Waals surface area contributed by atoms with Gasteiger partial charge in [-0.2, -0.15) is 0 Å². The van der Waals surface area contributed by atoms with Crippen LogP contribution in [0, 0.1) is 0 Å².